The summed E-state index contributed by atoms with van der Waals surface area (Å²) in [5.74, 6) is -0.0486. The van der Waals surface area contributed by atoms with E-state index in [0.717, 1.165) is 19.3 Å². The second kappa shape index (κ2) is 9.20. The van der Waals surface area contributed by atoms with Crippen molar-refractivity contribution in [3.63, 3.8) is 0 Å². The van der Waals surface area contributed by atoms with Crippen LogP contribution in [0.15, 0.2) is 47.4 Å². The summed E-state index contributed by atoms with van der Waals surface area (Å²) in [5, 5.41) is 3.17. The van der Waals surface area contributed by atoms with E-state index in [4.69, 9.17) is 0 Å². The van der Waals surface area contributed by atoms with Crippen LogP contribution in [-0.2, 0) is 6.54 Å². The smallest absolute Gasteiger partial charge is 0.278 e. The molecule has 6 heteroatoms. The van der Waals surface area contributed by atoms with Crippen molar-refractivity contribution in [1.29, 1.82) is 0 Å². The maximum atomic E-state index is 13.1. The minimum absolute atomic E-state index is 0.0486. The molecule has 3 aromatic rings. The van der Waals surface area contributed by atoms with Gasteiger partial charge >= 0.3 is 0 Å². The average Bonchev–Trinajstić information content (AvgIpc) is 3.04. The summed E-state index contributed by atoms with van der Waals surface area (Å²) in [7, 11) is 0. The summed E-state index contributed by atoms with van der Waals surface area (Å²) >= 11 is 0. The van der Waals surface area contributed by atoms with Gasteiger partial charge in [-0.1, -0.05) is 44.7 Å². The predicted molar refractivity (Wildman–Crippen MR) is 118 cm³/mol. The summed E-state index contributed by atoms with van der Waals surface area (Å²) in [6.45, 7) is 2.62. The van der Waals surface area contributed by atoms with Crippen molar-refractivity contribution in [2.75, 3.05) is 0 Å². The van der Waals surface area contributed by atoms with Crippen LogP contribution in [0, 0.1) is 0 Å². The molecule has 156 valence electrons. The van der Waals surface area contributed by atoms with Gasteiger partial charge in [-0.05, 0) is 43.5 Å². The van der Waals surface area contributed by atoms with Gasteiger partial charge in [0.05, 0.1) is 0 Å². The Morgan fingerprint density at radius 2 is 1.83 bits per heavy atom. The third-order valence-electron chi connectivity index (χ3n) is 5.76. The lowest BCUT2D eigenvalue weighted by Crippen LogP contribution is -2.34. The van der Waals surface area contributed by atoms with Crippen LogP contribution in [0.5, 0.6) is 0 Å². The second-order valence-electron chi connectivity index (χ2n) is 8.00. The number of pyridine rings is 1. The molecule has 1 aliphatic rings. The maximum Gasteiger partial charge on any atom is 0.278 e. The zero-order chi connectivity index (χ0) is 20.9. The average molecular weight is 405 g/mol. The highest BCUT2D eigenvalue weighted by Crippen LogP contribution is 2.20. The van der Waals surface area contributed by atoms with Crippen LogP contribution in [-0.4, -0.2) is 26.5 Å². The molecule has 1 fully saturated rings. The number of aromatic nitrogens is 3. The quantitative estimate of drug-likeness (QED) is 0.643. The fourth-order valence-corrected chi connectivity index (χ4v) is 4.17. The highest BCUT2D eigenvalue weighted by Gasteiger charge is 2.17. The molecule has 0 atom stereocenters. The first-order chi connectivity index (χ1) is 14.7. The molecule has 0 aliphatic heterocycles. The standard InChI is InChI=1S/C24H28N4O2/c1-2-16-28-22-20(10-7-15-25-22)27-21(24(28)30)17-11-13-18(14-12-17)23(29)26-19-8-5-3-4-6-9-19/h7,10-15,19H,2-6,8-9,16H2,1H3,(H,26,29). The molecular formula is C24H28N4O2. The molecule has 1 N–H and O–H groups in total. The third-order valence-corrected chi connectivity index (χ3v) is 5.76. The SMILES string of the molecule is CCCn1c(=O)c(-c2ccc(C(=O)NC3CCCCCC3)cc2)nc2cccnc21. The van der Waals surface area contributed by atoms with Gasteiger partial charge in [0, 0.05) is 29.9 Å². The first kappa shape index (κ1) is 20.3. The third kappa shape index (κ3) is 4.27. The molecule has 0 bridgehead atoms. The van der Waals surface area contributed by atoms with E-state index < -0.39 is 0 Å². The molecule has 1 aromatic carbocycles. The minimum atomic E-state index is -0.154. The number of hydrogen-bond donors (Lipinski definition) is 1. The van der Waals surface area contributed by atoms with E-state index in [1.165, 1.54) is 25.7 Å². The van der Waals surface area contributed by atoms with Crippen LogP contribution >= 0.6 is 0 Å². The first-order valence-electron chi connectivity index (χ1n) is 10.9. The van der Waals surface area contributed by atoms with Crippen molar-refractivity contribution in [2.45, 2.75) is 64.5 Å². The second-order valence-corrected chi connectivity index (χ2v) is 8.00. The summed E-state index contributed by atoms with van der Waals surface area (Å²) in [5.41, 5.74) is 2.85. The minimum Gasteiger partial charge on any atom is -0.349 e. The Bertz CT molecular complexity index is 1080. The molecule has 0 saturated heterocycles. The molecule has 1 saturated carbocycles. The number of aryl methyl sites for hydroxylation is 1. The van der Waals surface area contributed by atoms with Gasteiger partial charge in [-0.2, -0.15) is 0 Å². The number of carbonyl (C=O) groups excluding carboxylic acids is 1. The highest BCUT2D eigenvalue weighted by atomic mass is 16.1. The molecule has 2 heterocycles. The lowest BCUT2D eigenvalue weighted by molar-refractivity contribution is 0.0933. The molecule has 6 nitrogen and oxygen atoms in total. The van der Waals surface area contributed by atoms with Gasteiger partial charge in [0.2, 0.25) is 0 Å². The van der Waals surface area contributed by atoms with E-state index >= 15 is 0 Å². The van der Waals surface area contributed by atoms with Crippen LogP contribution in [0.1, 0.15) is 62.2 Å². The number of carbonyl (C=O) groups is 1. The van der Waals surface area contributed by atoms with Crippen LogP contribution in [0.25, 0.3) is 22.4 Å². The summed E-state index contributed by atoms with van der Waals surface area (Å²) in [4.78, 5) is 34.6. The monoisotopic (exact) mass is 404 g/mol. The lowest BCUT2D eigenvalue weighted by Gasteiger charge is -2.16. The molecule has 1 amide bonds. The van der Waals surface area contributed by atoms with Gasteiger partial charge in [-0.15, -0.1) is 0 Å². The fraction of sp³-hybridized carbons (Fsp3) is 0.417. The first-order valence-corrected chi connectivity index (χ1v) is 10.9. The predicted octanol–water partition coefficient (Wildman–Crippen LogP) is 4.32. The van der Waals surface area contributed by atoms with Crippen molar-refractivity contribution in [3.8, 4) is 11.3 Å². The zero-order valence-electron chi connectivity index (χ0n) is 17.4. The Morgan fingerprint density at radius 3 is 2.53 bits per heavy atom. The molecule has 0 radical (unpaired) electrons. The van der Waals surface area contributed by atoms with Crippen LogP contribution in [0.4, 0.5) is 0 Å². The van der Waals surface area contributed by atoms with Gasteiger partial charge < -0.3 is 5.32 Å². The van der Waals surface area contributed by atoms with E-state index in [1.807, 2.05) is 31.2 Å². The topological polar surface area (TPSA) is 76.9 Å². The van der Waals surface area contributed by atoms with Crippen molar-refractivity contribution in [2.24, 2.45) is 0 Å². The Labute approximate surface area is 176 Å². The molecular weight excluding hydrogens is 376 g/mol. The summed E-state index contributed by atoms with van der Waals surface area (Å²) in [6, 6.07) is 11.1. The number of nitrogens with zero attached hydrogens (tertiary/aromatic N) is 3. The van der Waals surface area contributed by atoms with Crippen molar-refractivity contribution in [3.05, 3.63) is 58.5 Å². The Balaban J connectivity index is 1.61. The van der Waals surface area contributed by atoms with E-state index in [9.17, 15) is 9.59 Å². The van der Waals surface area contributed by atoms with E-state index in [2.05, 4.69) is 15.3 Å². The largest absolute Gasteiger partial charge is 0.349 e. The Hall–Kier alpha value is -3.02. The summed E-state index contributed by atoms with van der Waals surface area (Å²) in [6.07, 6.45) is 9.47. The lowest BCUT2D eigenvalue weighted by atomic mass is 10.1. The molecule has 4 rings (SSSR count). The van der Waals surface area contributed by atoms with Crippen molar-refractivity contribution < 1.29 is 4.79 Å². The highest BCUT2D eigenvalue weighted by molar-refractivity contribution is 5.94. The van der Waals surface area contributed by atoms with E-state index in [-0.39, 0.29) is 17.5 Å². The van der Waals surface area contributed by atoms with E-state index in [0.29, 0.717) is 34.5 Å². The molecule has 2 aromatic heterocycles. The number of hydrogen-bond acceptors (Lipinski definition) is 4. The van der Waals surface area contributed by atoms with E-state index in [1.54, 1.807) is 22.9 Å². The van der Waals surface area contributed by atoms with Gasteiger partial charge in [-0.25, -0.2) is 9.97 Å². The number of nitrogens with one attached hydrogen (secondary N) is 1. The number of benzene rings is 1. The fourth-order valence-electron chi connectivity index (χ4n) is 4.17. The number of amides is 1. The molecule has 1 aliphatic carbocycles. The number of rotatable bonds is 5. The van der Waals surface area contributed by atoms with Crippen molar-refractivity contribution >= 4 is 17.1 Å². The molecule has 0 spiro atoms. The Morgan fingerprint density at radius 1 is 1.10 bits per heavy atom. The molecule has 30 heavy (non-hydrogen) atoms. The van der Waals surface area contributed by atoms with Crippen LogP contribution in [0.2, 0.25) is 0 Å². The summed E-state index contributed by atoms with van der Waals surface area (Å²) < 4.78 is 1.68. The zero-order valence-corrected chi connectivity index (χ0v) is 17.4. The Kier molecular flexibility index (Phi) is 6.21. The van der Waals surface area contributed by atoms with Gasteiger partial charge in [0.15, 0.2) is 5.65 Å². The normalized spacial score (nSPS) is 15.1. The van der Waals surface area contributed by atoms with Gasteiger partial charge in [0.1, 0.15) is 11.2 Å². The maximum absolute atomic E-state index is 13.1. The van der Waals surface area contributed by atoms with Gasteiger partial charge in [0.25, 0.3) is 11.5 Å². The number of fused-ring (bicyclic) bond motifs is 1. The molecule has 0 unspecified atom stereocenters. The van der Waals surface area contributed by atoms with Crippen LogP contribution < -0.4 is 10.9 Å². The van der Waals surface area contributed by atoms with Crippen LogP contribution in [0.3, 0.4) is 0 Å². The van der Waals surface area contributed by atoms with Gasteiger partial charge in [-0.3, -0.25) is 14.2 Å². The van der Waals surface area contributed by atoms with Crippen molar-refractivity contribution in [1.82, 2.24) is 19.9 Å².